The molecule has 0 saturated carbocycles. The van der Waals surface area contributed by atoms with Crippen molar-refractivity contribution in [2.75, 3.05) is 0 Å². The number of hydrogen-bond donors (Lipinski definition) is 2. The predicted molar refractivity (Wildman–Crippen MR) is 90.5 cm³/mol. The van der Waals surface area contributed by atoms with E-state index in [9.17, 15) is 9.90 Å². The second kappa shape index (κ2) is 6.36. The molecule has 3 rings (SSSR count). The number of carbonyl (C=O) groups excluding carboxylic acids is 1. The number of primary amides is 1. The molecule has 23 heavy (non-hydrogen) atoms. The van der Waals surface area contributed by atoms with Crippen LogP contribution in [-0.2, 0) is 0 Å². The van der Waals surface area contributed by atoms with Gasteiger partial charge in [0.05, 0.1) is 5.56 Å². The maximum absolute atomic E-state index is 11.5. The molecule has 0 aliphatic carbocycles. The fourth-order valence-corrected chi connectivity index (χ4v) is 2.80. The molecule has 0 spiro atoms. The van der Waals surface area contributed by atoms with E-state index in [0.29, 0.717) is 0 Å². The zero-order valence-corrected chi connectivity index (χ0v) is 12.5. The highest BCUT2D eigenvalue weighted by molar-refractivity contribution is 5.95. The Kier molecular flexibility index (Phi) is 4.11. The average molecular weight is 303 g/mol. The molecular formula is C20H17NO2. The van der Waals surface area contributed by atoms with Crippen molar-refractivity contribution >= 4 is 5.91 Å². The summed E-state index contributed by atoms with van der Waals surface area (Å²) in [6.45, 7) is 0. The van der Waals surface area contributed by atoms with Crippen LogP contribution >= 0.6 is 0 Å². The minimum absolute atomic E-state index is 0.0314. The minimum Gasteiger partial charge on any atom is -0.507 e. The smallest absolute Gasteiger partial charge is 0.252 e. The van der Waals surface area contributed by atoms with E-state index >= 15 is 0 Å². The molecule has 3 aromatic carbocycles. The summed E-state index contributed by atoms with van der Waals surface area (Å²) in [5.74, 6) is -0.763. The lowest BCUT2D eigenvalue weighted by Gasteiger charge is -2.19. The number of rotatable bonds is 4. The van der Waals surface area contributed by atoms with E-state index in [-0.39, 0.29) is 17.2 Å². The first-order chi connectivity index (χ1) is 11.2. The lowest BCUT2D eigenvalue weighted by molar-refractivity contribution is 0.0997. The maximum Gasteiger partial charge on any atom is 0.252 e. The number of benzene rings is 3. The molecule has 0 heterocycles. The van der Waals surface area contributed by atoms with Gasteiger partial charge in [-0.25, -0.2) is 0 Å². The molecule has 0 radical (unpaired) electrons. The summed E-state index contributed by atoms with van der Waals surface area (Å²) < 4.78 is 0. The minimum atomic E-state index is -0.635. The first-order valence-corrected chi connectivity index (χ1v) is 7.39. The van der Waals surface area contributed by atoms with E-state index < -0.39 is 5.91 Å². The summed E-state index contributed by atoms with van der Waals surface area (Å²) in [6.07, 6.45) is 0. The first kappa shape index (κ1) is 14.9. The van der Waals surface area contributed by atoms with Gasteiger partial charge in [-0.05, 0) is 28.8 Å². The van der Waals surface area contributed by atoms with E-state index in [1.54, 1.807) is 6.07 Å². The Morgan fingerprint density at radius 2 is 1.30 bits per heavy atom. The van der Waals surface area contributed by atoms with Crippen LogP contribution in [0.4, 0.5) is 0 Å². The monoisotopic (exact) mass is 303 g/mol. The average Bonchev–Trinajstić information content (AvgIpc) is 2.58. The topological polar surface area (TPSA) is 63.3 Å². The molecule has 114 valence electrons. The van der Waals surface area contributed by atoms with E-state index in [1.165, 1.54) is 6.07 Å². The number of aromatic hydroxyl groups is 1. The fourth-order valence-electron chi connectivity index (χ4n) is 2.80. The van der Waals surface area contributed by atoms with Crippen molar-refractivity contribution in [3.8, 4) is 5.75 Å². The normalized spacial score (nSPS) is 10.7. The van der Waals surface area contributed by atoms with Crippen LogP contribution in [-0.4, -0.2) is 11.0 Å². The third-order valence-corrected chi connectivity index (χ3v) is 3.89. The summed E-state index contributed by atoms with van der Waals surface area (Å²) in [4.78, 5) is 11.5. The standard InChI is InChI=1S/C20H17NO2/c21-20(23)17-13-16(11-12-18(17)22)19(14-7-3-1-4-8-14)15-9-5-2-6-10-15/h1-13,19,22H,(H2,21,23). The van der Waals surface area contributed by atoms with E-state index in [1.807, 2.05) is 42.5 Å². The van der Waals surface area contributed by atoms with Crippen molar-refractivity contribution < 1.29 is 9.90 Å². The second-order valence-corrected chi connectivity index (χ2v) is 5.40. The second-order valence-electron chi connectivity index (χ2n) is 5.40. The van der Waals surface area contributed by atoms with E-state index in [0.717, 1.165) is 16.7 Å². The number of nitrogens with two attached hydrogens (primary N) is 1. The third kappa shape index (κ3) is 3.09. The number of amides is 1. The number of carbonyl (C=O) groups is 1. The lowest BCUT2D eigenvalue weighted by Crippen LogP contribution is -2.12. The molecule has 3 nitrogen and oxygen atoms in total. The van der Waals surface area contributed by atoms with Gasteiger partial charge in [-0.1, -0.05) is 66.7 Å². The van der Waals surface area contributed by atoms with E-state index in [4.69, 9.17) is 5.73 Å². The van der Waals surface area contributed by atoms with Gasteiger partial charge in [-0.3, -0.25) is 4.79 Å². The summed E-state index contributed by atoms with van der Waals surface area (Å²) in [6, 6.07) is 25.1. The summed E-state index contributed by atoms with van der Waals surface area (Å²) in [7, 11) is 0. The molecular weight excluding hydrogens is 286 g/mol. The van der Waals surface area contributed by atoms with Crippen LogP contribution in [0.5, 0.6) is 5.75 Å². The number of phenols is 1. The van der Waals surface area contributed by atoms with Crippen LogP contribution in [0.1, 0.15) is 33.0 Å². The molecule has 0 aromatic heterocycles. The van der Waals surface area contributed by atoms with Gasteiger partial charge in [0, 0.05) is 5.92 Å². The summed E-state index contributed by atoms with van der Waals surface area (Å²) in [5, 5.41) is 9.83. The number of hydrogen-bond acceptors (Lipinski definition) is 2. The molecule has 1 amide bonds. The molecule has 3 heteroatoms. The Bertz CT molecular complexity index is 774. The van der Waals surface area contributed by atoms with Crippen molar-refractivity contribution in [2.45, 2.75) is 5.92 Å². The van der Waals surface area contributed by atoms with Crippen LogP contribution in [0.3, 0.4) is 0 Å². The zero-order chi connectivity index (χ0) is 16.2. The molecule has 0 aliphatic rings. The van der Waals surface area contributed by atoms with E-state index in [2.05, 4.69) is 24.3 Å². The quantitative estimate of drug-likeness (QED) is 0.722. The summed E-state index contributed by atoms with van der Waals surface area (Å²) >= 11 is 0. The Morgan fingerprint density at radius 1 is 0.783 bits per heavy atom. The Morgan fingerprint density at radius 3 is 1.78 bits per heavy atom. The third-order valence-electron chi connectivity index (χ3n) is 3.89. The highest BCUT2D eigenvalue weighted by Gasteiger charge is 2.19. The Hall–Kier alpha value is -3.07. The predicted octanol–water partition coefficient (Wildman–Crippen LogP) is 3.67. The molecule has 0 fully saturated rings. The highest BCUT2D eigenvalue weighted by Crippen LogP contribution is 2.33. The van der Waals surface area contributed by atoms with Gasteiger partial charge in [-0.15, -0.1) is 0 Å². The Labute approximate surface area is 135 Å². The SMILES string of the molecule is NC(=O)c1cc(C(c2ccccc2)c2ccccc2)ccc1O. The first-order valence-electron chi connectivity index (χ1n) is 7.39. The Balaban J connectivity index is 2.17. The highest BCUT2D eigenvalue weighted by atomic mass is 16.3. The van der Waals surface area contributed by atoms with Crippen molar-refractivity contribution in [3.05, 3.63) is 101 Å². The molecule has 3 aromatic rings. The maximum atomic E-state index is 11.5. The molecule has 3 N–H and O–H groups in total. The van der Waals surface area contributed by atoms with Gasteiger partial charge in [0.15, 0.2) is 0 Å². The van der Waals surface area contributed by atoms with Gasteiger partial charge in [0.1, 0.15) is 5.75 Å². The van der Waals surface area contributed by atoms with Crippen molar-refractivity contribution in [2.24, 2.45) is 5.73 Å². The largest absolute Gasteiger partial charge is 0.507 e. The molecule has 0 aliphatic heterocycles. The zero-order valence-electron chi connectivity index (χ0n) is 12.5. The fraction of sp³-hybridized carbons (Fsp3) is 0.0500. The van der Waals surface area contributed by atoms with Crippen molar-refractivity contribution in [3.63, 3.8) is 0 Å². The van der Waals surface area contributed by atoms with Crippen molar-refractivity contribution in [1.29, 1.82) is 0 Å². The van der Waals surface area contributed by atoms with Crippen LogP contribution in [0.15, 0.2) is 78.9 Å². The van der Waals surface area contributed by atoms with Crippen LogP contribution in [0, 0.1) is 0 Å². The van der Waals surface area contributed by atoms with Gasteiger partial charge < -0.3 is 10.8 Å². The van der Waals surface area contributed by atoms with Gasteiger partial charge in [0.2, 0.25) is 0 Å². The van der Waals surface area contributed by atoms with Gasteiger partial charge in [-0.2, -0.15) is 0 Å². The van der Waals surface area contributed by atoms with Gasteiger partial charge >= 0.3 is 0 Å². The van der Waals surface area contributed by atoms with Gasteiger partial charge in [0.25, 0.3) is 5.91 Å². The molecule has 0 saturated heterocycles. The van der Waals surface area contributed by atoms with Crippen LogP contribution < -0.4 is 5.73 Å². The summed E-state index contributed by atoms with van der Waals surface area (Å²) in [5.41, 5.74) is 8.63. The van der Waals surface area contributed by atoms with Crippen LogP contribution in [0.2, 0.25) is 0 Å². The molecule has 0 bridgehead atoms. The molecule has 0 unspecified atom stereocenters. The molecule has 0 atom stereocenters. The lowest BCUT2D eigenvalue weighted by atomic mass is 9.84. The van der Waals surface area contributed by atoms with Crippen molar-refractivity contribution in [1.82, 2.24) is 0 Å². The van der Waals surface area contributed by atoms with Crippen LogP contribution in [0.25, 0.3) is 0 Å².